The number of piperazine rings is 1. The fourth-order valence-corrected chi connectivity index (χ4v) is 4.40. The molecule has 27 heavy (non-hydrogen) atoms. The maximum absolute atomic E-state index is 13.1. The number of halogens is 2. The average Bonchev–Trinajstić information content (AvgIpc) is 2.70. The summed E-state index contributed by atoms with van der Waals surface area (Å²) in [7, 11) is -4.19. The van der Waals surface area contributed by atoms with Crippen molar-refractivity contribution in [2.75, 3.05) is 19.6 Å². The highest BCUT2D eigenvalue weighted by Crippen LogP contribution is 2.34. The number of hydrogen-bond acceptors (Lipinski definition) is 5. The average molecular weight is 428 g/mol. The van der Waals surface area contributed by atoms with Crippen LogP contribution in [0, 0.1) is 11.3 Å². The summed E-state index contributed by atoms with van der Waals surface area (Å²) >= 11 is 11.8. The maximum atomic E-state index is 13.1. The van der Waals surface area contributed by atoms with Crippen LogP contribution < -0.4 is 10.1 Å². The van der Waals surface area contributed by atoms with Gasteiger partial charge in [-0.15, -0.1) is 0 Å². The first-order valence-electron chi connectivity index (χ1n) is 8.59. The number of amides is 1. The molecular weight excluding hydrogens is 413 g/mol. The molecule has 2 aromatic carbocycles. The molecule has 0 aromatic heterocycles. The van der Waals surface area contributed by atoms with Crippen molar-refractivity contribution in [3.8, 4) is 17.6 Å². The van der Waals surface area contributed by atoms with Crippen molar-refractivity contribution in [3.63, 3.8) is 0 Å². The van der Waals surface area contributed by atoms with Gasteiger partial charge in [0.05, 0.1) is 20.9 Å². The molecule has 0 aliphatic carbocycles. The zero-order valence-corrected chi connectivity index (χ0v) is 16.0. The first-order valence-corrected chi connectivity index (χ1v) is 9.78. The molecule has 10 heteroatoms. The molecule has 1 fully saturated rings. The van der Waals surface area contributed by atoms with Gasteiger partial charge in [0.1, 0.15) is 16.4 Å². The van der Waals surface area contributed by atoms with E-state index in [-0.39, 0.29) is 63.7 Å². The largest absolute Gasteiger partial charge is 0.456 e. The van der Waals surface area contributed by atoms with E-state index in [1.807, 2.05) is 6.07 Å². The van der Waals surface area contributed by atoms with Gasteiger partial charge in [0.25, 0.3) is 0 Å². The van der Waals surface area contributed by atoms with Crippen molar-refractivity contribution in [1.82, 2.24) is 9.62 Å². The Labute approximate surface area is 168 Å². The van der Waals surface area contributed by atoms with E-state index in [2.05, 4.69) is 5.32 Å². The van der Waals surface area contributed by atoms with Gasteiger partial charge < -0.3 is 10.1 Å². The summed E-state index contributed by atoms with van der Waals surface area (Å²) in [5, 5.41) is 11.4. The Bertz CT molecular complexity index is 1150. The molecule has 1 aliphatic heterocycles. The molecule has 1 N–H and O–H groups in total. The minimum absolute atomic E-state index is 0.0547. The van der Waals surface area contributed by atoms with Gasteiger partial charge in [0.2, 0.25) is 15.9 Å². The third kappa shape index (κ3) is 4.34. The molecule has 2 aromatic rings. The quantitative estimate of drug-likeness (QED) is 0.808. The molecule has 0 radical (unpaired) electrons. The SMILES string of the molecule is [2H]c1c(Cl)cc(Oc2ccc(C#N)cc2S(=O)(=O)N2CCNC(=O)C2)c([2H])c1Cl. The Morgan fingerprint density at radius 3 is 2.74 bits per heavy atom. The predicted octanol–water partition coefficient (Wildman–Crippen LogP) is 2.78. The van der Waals surface area contributed by atoms with Crippen LogP contribution >= 0.6 is 23.2 Å². The van der Waals surface area contributed by atoms with E-state index >= 15 is 0 Å². The van der Waals surface area contributed by atoms with Gasteiger partial charge in [-0.2, -0.15) is 9.57 Å². The highest BCUT2D eigenvalue weighted by atomic mass is 35.5. The molecule has 140 valence electrons. The van der Waals surface area contributed by atoms with E-state index in [4.69, 9.17) is 35.9 Å². The Hall–Kier alpha value is -2.31. The molecule has 0 bridgehead atoms. The molecule has 0 saturated carbocycles. The number of nitrogens with one attached hydrogen (secondary N) is 1. The summed E-state index contributed by atoms with van der Waals surface area (Å²) in [6.45, 7) is -0.161. The second-order valence-corrected chi connectivity index (χ2v) is 8.18. The highest BCUT2D eigenvalue weighted by molar-refractivity contribution is 7.89. The van der Waals surface area contributed by atoms with Crippen molar-refractivity contribution < 1.29 is 20.7 Å². The monoisotopic (exact) mass is 427 g/mol. The van der Waals surface area contributed by atoms with Gasteiger partial charge in [0, 0.05) is 23.1 Å². The standard InChI is InChI=1S/C17H13Cl2N3O4S/c18-12-6-13(19)8-14(7-12)26-15-2-1-11(9-20)5-16(15)27(24,25)22-4-3-21-17(23)10-22/h1-2,5-8H,3-4,10H2,(H,21,23)/i6D,7D. The number of hydrogen-bond donors (Lipinski definition) is 1. The lowest BCUT2D eigenvalue weighted by atomic mass is 10.2. The first kappa shape index (κ1) is 16.8. The summed E-state index contributed by atoms with van der Waals surface area (Å²) in [5.41, 5.74) is 0.0704. The molecule has 3 rings (SSSR count). The van der Waals surface area contributed by atoms with E-state index in [1.54, 1.807) is 0 Å². The first-order chi connectivity index (χ1) is 13.6. The van der Waals surface area contributed by atoms with Crippen LogP contribution in [-0.2, 0) is 14.8 Å². The fourth-order valence-electron chi connectivity index (χ4n) is 2.43. The van der Waals surface area contributed by atoms with Crippen molar-refractivity contribution >= 4 is 39.1 Å². The molecule has 7 nitrogen and oxygen atoms in total. The summed E-state index contributed by atoms with van der Waals surface area (Å²) in [6.07, 6.45) is 0. The second kappa shape index (κ2) is 7.74. The minimum atomic E-state index is -4.19. The van der Waals surface area contributed by atoms with Gasteiger partial charge >= 0.3 is 0 Å². The van der Waals surface area contributed by atoms with Crippen molar-refractivity contribution in [2.24, 2.45) is 0 Å². The van der Waals surface area contributed by atoms with Gasteiger partial charge in [0.15, 0.2) is 0 Å². The van der Waals surface area contributed by atoms with Crippen LogP contribution in [0.4, 0.5) is 0 Å². The Morgan fingerprint density at radius 1 is 1.26 bits per heavy atom. The normalized spacial score (nSPS) is 16.1. The van der Waals surface area contributed by atoms with Crippen LogP contribution in [0.5, 0.6) is 11.5 Å². The smallest absolute Gasteiger partial charge is 0.247 e. The minimum Gasteiger partial charge on any atom is -0.456 e. The Morgan fingerprint density at radius 2 is 2.04 bits per heavy atom. The number of nitrogens with zero attached hydrogens (tertiary/aromatic N) is 2. The molecule has 1 heterocycles. The third-order valence-electron chi connectivity index (χ3n) is 3.63. The van der Waals surface area contributed by atoms with E-state index in [1.165, 1.54) is 18.2 Å². The molecule has 0 atom stereocenters. The maximum Gasteiger partial charge on any atom is 0.247 e. The van der Waals surface area contributed by atoms with Crippen LogP contribution in [0.15, 0.2) is 41.2 Å². The molecule has 1 saturated heterocycles. The zero-order valence-electron chi connectivity index (χ0n) is 15.6. The molecule has 1 aliphatic rings. The topological polar surface area (TPSA) is 99.5 Å². The van der Waals surface area contributed by atoms with Gasteiger partial charge in [-0.3, -0.25) is 4.79 Å². The number of ether oxygens (including phenoxy) is 1. The molecular formula is C17H13Cl2N3O4S. The van der Waals surface area contributed by atoms with Crippen LogP contribution in [0.25, 0.3) is 0 Å². The van der Waals surface area contributed by atoms with Gasteiger partial charge in [-0.25, -0.2) is 8.42 Å². The lowest BCUT2D eigenvalue weighted by molar-refractivity contribution is -0.122. The molecule has 0 spiro atoms. The summed E-state index contributed by atoms with van der Waals surface area (Å²) in [5.74, 6) is -0.779. The fraction of sp³-hybridized carbons (Fsp3) is 0.176. The number of nitriles is 1. The van der Waals surface area contributed by atoms with Crippen LogP contribution in [0.1, 0.15) is 8.30 Å². The number of sulfonamides is 1. The van der Waals surface area contributed by atoms with Crippen molar-refractivity contribution in [2.45, 2.75) is 4.90 Å². The van der Waals surface area contributed by atoms with Crippen molar-refractivity contribution in [3.05, 3.63) is 52.0 Å². The van der Waals surface area contributed by atoms with Crippen LogP contribution in [-0.4, -0.2) is 38.3 Å². The summed E-state index contributed by atoms with van der Waals surface area (Å²) in [4.78, 5) is 11.3. The lowest BCUT2D eigenvalue weighted by Crippen LogP contribution is -2.49. The van der Waals surface area contributed by atoms with E-state index in [9.17, 15) is 13.2 Å². The summed E-state index contributed by atoms with van der Waals surface area (Å²) < 4.78 is 48.5. The number of benzene rings is 2. The van der Waals surface area contributed by atoms with Crippen LogP contribution in [0.2, 0.25) is 10.0 Å². The van der Waals surface area contributed by atoms with E-state index in [0.29, 0.717) is 0 Å². The van der Waals surface area contributed by atoms with Gasteiger partial charge in [-0.05, 0) is 36.4 Å². The van der Waals surface area contributed by atoms with E-state index in [0.717, 1.165) is 10.4 Å². The molecule has 1 amide bonds. The van der Waals surface area contributed by atoms with Crippen molar-refractivity contribution in [1.29, 1.82) is 5.26 Å². The van der Waals surface area contributed by atoms with Gasteiger partial charge in [-0.1, -0.05) is 23.2 Å². The molecule has 0 unspecified atom stereocenters. The third-order valence-corrected chi connectivity index (χ3v) is 5.89. The highest BCUT2D eigenvalue weighted by Gasteiger charge is 2.32. The lowest BCUT2D eigenvalue weighted by Gasteiger charge is -2.26. The number of rotatable bonds is 4. The van der Waals surface area contributed by atoms with Crippen LogP contribution in [0.3, 0.4) is 0 Å². The number of carbonyl (C=O) groups is 1. The summed E-state index contributed by atoms with van der Waals surface area (Å²) in [6, 6.07) is 6.19. The Kier molecular flexibility index (Phi) is 4.83. The number of carbonyl (C=O) groups excluding carboxylic acids is 1. The van der Waals surface area contributed by atoms with E-state index < -0.39 is 15.9 Å². The zero-order chi connectivity index (χ0) is 21.3. The predicted molar refractivity (Wildman–Crippen MR) is 99.5 cm³/mol. The second-order valence-electron chi connectivity index (χ2n) is 5.48. The Balaban J connectivity index is 2.10.